The molecule has 2 aromatic rings. The molecule has 1 aromatic heterocycles. The van der Waals surface area contributed by atoms with Crippen molar-refractivity contribution in [3.8, 4) is 0 Å². The van der Waals surface area contributed by atoms with Crippen molar-refractivity contribution in [3.05, 3.63) is 49.9 Å². The van der Waals surface area contributed by atoms with Crippen LogP contribution in [0.1, 0.15) is 0 Å². The summed E-state index contributed by atoms with van der Waals surface area (Å²) in [5.74, 6) is 0.688. The average Bonchev–Trinajstić information content (AvgIpc) is 2.41. The van der Waals surface area contributed by atoms with Crippen LogP contribution in [-0.2, 0) is 0 Å². The average molecular weight is 358 g/mol. The van der Waals surface area contributed by atoms with Gasteiger partial charge in [-0.3, -0.25) is 10.1 Å². The maximum Gasteiger partial charge on any atom is 0.311 e. The Morgan fingerprint density at radius 3 is 2.70 bits per heavy atom. The third-order valence-electron chi connectivity index (χ3n) is 2.51. The van der Waals surface area contributed by atoms with Gasteiger partial charge in [-0.25, -0.2) is 4.98 Å². The zero-order valence-corrected chi connectivity index (χ0v) is 12.7. The van der Waals surface area contributed by atoms with E-state index in [0.29, 0.717) is 21.0 Å². The van der Waals surface area contributed by atoms with Crippen molar-refractivity contribution in [1.82, 2.24) is 4.98 Å². The van der Waals surface area contributed by atoms with Crippen LogP contribution < -0.4 is 10.6 Å². The molecule has 0 spiro atoms. The number of benzene rings is 1. The highest BCUT2D eigenvalue weighted by Gasteiger charge is 2.17. The van der Waals surface area contributed by atoms with Crippen molar-refractivity contribution in [2.75, 3.05) is 17.7 Å². The van der Waals surface area contributed by atoms with Crippen LogP contribution >= 0.6 is 27.5 Å². The Bertz CT molecular complexity index is 666. The Hall–Kier alpha value is -1.86. The van der Waals surface area contributed by atoms with Gasteiger partial charge < -0.3 is 10.6 Å². The lowest BCUT2D eigenvalue weighted by Gasteiger charge is -2.10. The lowest BCUT2D eigenvalue weighted by molar-refractivity contribution is -0.384. The first kappa shape index (κ1) is 14.5. The molecule has 2 rings (SSSR count). The molecule has 0 unspecified atom stereocenters. The maximum atomic E-state index is 11.0. The van der Waals surface area contributed by atoms with E-state index in [1.807, 2.05) is 0 Å². The number of anilines is 3. The molecular formula is C12H10BrClN4O2. The molecule has 0 saturated carbocycles. The monoisotopic (exact) mass is 356 g/mol. The fourth-order valence-corrected chi connectivity index (χ4v) is 2.33. The minimum atomic E-state index is -0.488. The van der Waals surface area contributed by atoms with Gasteiger partial charge in [-0.2, -0.15) is 0 Å². The third kappa shape index (κ3) is 3.17. The Morgan fingerprint density at radius 1 is 1.35 bits per heavy atom. The second-order valence-electron chi connectivity index (χ2n) is 3.82. The summed E-state index contributed by atoms with van der Waals surface area (Å²) in [6.45, 7) is 0. The van der Waals surface area contributed by atoms with E-state index in [1.165, 1.54) is 6.07 Å². The van der Waals surface area contributed by atoms with Crippen LogP contribution in [0.5, 0.6) is 0 Å². The number of pyridine rings is 1. The Morgan fingerprint density at radius 2 is 2.10 bits per heavy atom. The molecule has 0 atom stereocenters. The Balaban J connectivity index is 2.43. The van der Waals surface area contributed by atoms with Crippen LogP contribution in [0.2, 0.25) is 5.02 Å². The van der Waals surface area contributed by atoms with E-state index in [1.54, 1.807) is 31.3 Å². The predicted molar refractivity (Wildman–Crippen MR) is 82.9 cm³/mol. The molecule has 104 valence electrons. The first-order valence-electron chi connectivity index (χ1n) is 5.56. The van der Waals surface area contributed by atoms with Crippen LogP contribution in [0, 0.1) is 10.1 Å². The second-order valence-corrected chi connectivity index (χ2v) is 5.11. The molecule has 0 bridgehead atoms. The minimum Gasteiger partial charge on any atom is -0.373 e. The quantitative estimate of drug-likeness (QED) is 0.633. The number of nitrogens with zero attached hydrogens (tertiary/aromatic N) is 2. The summed E-state index contributed by atoms with van der Waals surface area (Å²) >= 11 is 9.20. The van der Waals surface area contributed by atoms with Crippen LogP contribution in [0.25, 0.3) is 0 Å². The van der Waals surface area contributed by atoms with E-state index in [9.17, 15) is 10.1 Å². The van der Waals surface area contributed by atoms with Crippen LogP contribution in [-0.4, -0.2) is 17.0 Å². The van der Waals surface area contributed by atoms with Gasteiger partial charge in [0, 0.05) is 22.6 Å². The van der Waals surface area contributed by atoms with E-state index in [2.05, 4.69) is 31.5 Å². The summed E-state index contributed by atoms with van der Waals surface area (Å²) in [4.78, 5) is 14.7. The molecular weight excluding hydrogens is 348 g/mol. The van der Waals surface area contributed by atoms with Gasteiger partial charge in [-0.1, -0.05) is 11.6 Å². The fraction of sp³-hybridized carbons (Fsp3) is 0.0833. The summed E-state index contributed by atoms with van der Waals surface area (Å²) in [5, 5.41) is 17.3. The van der Waals surface area contributed by atoms with Gasteiger partial charge >= 0.3 is 5.69 Å². The van der Waals surface area contributed by atoms with E-state index >= 15 is 0 Å². The lowest BCUT2D eigenvalue weighted by Crippen LogP contribution is -2.02. The first-order chi connectivity index (χ1) is 9.51. The fourth-order valence-electron chi connectivity index (χ4n) is 1.55. The molecule has 0 saturated heterocycles. The van der Waals surface area contributed by atoms with Gasteiger partial charge in [0.1, 0.15) is 5.82 Å². The zero-order chi connectivity index (χ0) is 14.7. The van der Waals surface area contributed by atoms with Crippen molar-refractivity contribution in [2.24, 2.45) is 0 Å². The molecule has 0 fully saturated rings. The first-order valence-corrected chi connectivity index (χ1v) is 6.73. The van der Waals surface area contributed by atoms with E-state index in [-0.39, 0.29) is 11.5 Å². The molecule has 1 heterocycles. The van der Waals surface area contributed by atoms with Crippen molar-refractivity contribution >= 4 is 50.5 Å². The largest absolute Gasteiger partial charge is 0.373 e. The summed E-state index contributed by atoms with van der Waals surface area (Å²) in [5.41, 5.74) is 0.532. The van der Waals surface area contributed by atoms with Crippen LogP contribution in [0.15, 0.2) is 34.8 Å². The van der Waals surface area contributed by atoms with E-state index < -0.39 is 4.92 Å². The van der Waals surface area contributed by atoms with Crippen LogP contribution in [0.4, 0.5) is 23.0 Å². The number of hydrogen-bond acceptors (Lipinski definition) is 5. The molecule has 0 radical (unpaired) electrons. The van der Waals surface area contributed by atoms with Crippen molar-refractivity contribution < 1.29 is 4.92 Å². The Kier molecular flexibility index (Phi) is 4.41. The summed E-state index contributed by atoms with van der Waals surface area (Å²) in [6.07, 6.45) is 0. The summed E-state index contributed by atoms with van der Waals surface area (Å²) in [7, 11) is 1.69. The molecule has 1 aromatic carbocycles. The second kappa shape index (κ2) is 6.06. The zero-order valence-electron chi connectivity index (χ0n) is 10.4. The molecule has 0 aliphatic rings. The minimum absolute atomic E-state index is 0.106. The summed E-state index contributed by atoms with van der Waals surface area (Å²) < 4.78 is 0.691. The van der Waals surface area contributed by atoms with Crippen molar-refractivity contribution in [1.29, 1.82) is 0 Å². The van der Waals surface area contributed by atoms with Gasteiger partial charge in [-0.05, 0) is 40.2 Å². The van der Waals surface area contributed by atoms with Gasteiger partial charge in [-0.15, -0.1) is 0 Å². The number of nitro groups is 1. The van der Waals surface area contributed by atoms with Gasteiger partial charge in [0.25, 0.3) is 0 Å². The number of aromatic nitrogens is 1. The molecule has 0 aliphatic carbocycles. The number of hydrogen-bond donors (Lipinski definition) is 2. The number of rotatable bonds is 4. The summed E-state index contributed by atoms with van der Waals surface area (Å²) in [6, 6.07) is 8.02. The molecule has 0 aliphatic heterocycles. The molecule has 20 heavy (non-hydrogen) atoms. The smallest absolute Gasteiger partial charge is 0.311 e. The van der Waals surface area contributed by atoms with Gasteiger partial charge in [0.2, 0.25) is 5.82 Å². The number of halogens is 2. The van der Waals surface area contributed by atoms with Crippen LogP contribution in [0.3, 0.4) is 0 Å². The van der Waals surface area contributed by atoms with Crippen molar-refractivity contribution in [2.45, 2.75) is 0 Å². The van der Waals surface area contributed by atoms with Gasteiger partial charge in [0.15, 0.2) is 0 Å². The highest BCUT2D eigenvalue weighted by molar-refractivity contribution is 9.10. The lowest BCUT2D eigenvalue weighted by atomic mass is 10.3. The predicted octanol–water partition coefficient (Wildman–Crippen LogP) is 4.19. The number of nitrogens with one attached hydrogen (secondary N) is 2. The normalized spacial score (nSPS) is 10.2. The highest BCUT2D eigenvalue weighted by Crippen LogP contribution is 2.32. The molecule has 0 amide bonds. The SMILES string of the molecule is CNc1ccc([N+](=O)[O-])c(Nc2ccc(Cl)cc2Br)n1. The molecule has 2 N–H and O–H groups in total. The van der Waals surface area contributed by atoms with E-state index in [4.69, 9.17) is 11.6 Å². The highest BCUT2D eigenvalue weighted by atomic mass is 79.9. The van der Waals surface area contributed by atoms with Crippen molar-refractivity contribution in [3.63, 3.8) is 0 Å². The topological polar surface area (TPSA) is 80.1 Å². The Labute approximate surface area is 128 Å². The molecule has 6 nitrogen and oxygen atoms in total. The standard InChI is InChI=1S/C12H10BrClN4O2/c1-15-11-5-4-10(18(19)20)12(17-11)16-9-3-2-7(14)6-8(9)13/h2-6H,1H3,(H2,15,16,17). The van der Waals surface area contributed by atoms with E-state index in [0.717, 1.165) is 0 Å². The third-order valence-corrected chi connectivity index (χ3v) is 3.40. The maximum absolute atomic E-state index is 11.0. The molecule has 8 heteroatoms. The van der Waals surface area contributed by atoms with Gasteiger partial charge in [0.05, 0.1) is 10.6 Å².